The van der Waals surface area contributed by atoms with Crippen LogP contribution in [0.3, 0.4) is 0 Å². The number of anilines is 1. The number of hydrogen-bond donors (Lipinski definition) is 3. The van der Waals surface area contributed by atoms with E-state index in [-0.39, 0.29) is 11.8 Å². The molecule has 2 amide bonds. The molecule has 0 saturated heterocycles. The number of amides is 2. The Labute approximate surface area is 175 Å². The van der Waals surface area contributed by atoms with Crippen molar-refractivity contribution in [2.45, 2.75) is 13.0 Å². The first-order chi connectivity index (χ1) is 14.1. The summed E-state index contributed by atoms with van der Waals surface area (Å²) in [7, 11) is 1.99. The Morgan fingerprint density at radius 1 is 0.966 bits per heavy atom. The lowest BCUT2D eigenvalue weighted by atomic mass is 10.1. The van der Waals surface area contributed by atoms with Crippen LogP contribution in [-0.2, 0) is 17.8 Å². The molecule has 1 unspecified atom stereocenters. The van der Waals surface area contributed by atoms with Crippen LogP contribution in [0.15, 0.2) is 72.1 Å². The normalized spacial score (nSPS) is 11.6. The van der Waals surface area contributed by atoms with Gasteiger partial charge in [0.2, 0.25) is 0 Å². The number of likely N-dealkylation sites (N-methyl/N-ethyl adjacent to an activating group) is 1. The summed E-state index contributed by atoms with van der Waals surface area (Å²) in [6, 6.07) is 21.2. The second-order valence-corrected chi connectivity index (χ2v) is 8.01. The van der Waals surface area contributed by atoms with Gasteiger partial charge in [-0.05, 0) is 35.6 Å². The zero-order chi connectivity index (χ0) is 20.5. The molecule has 0 radical (unpaired) electrons. The molecule has 1 heterocycles. The minimum Gasteiger partial charge on any atom is -0.352 e. The number of hydrogen-bond acceptors (Lipinski definition) is 3. The van der Waals surface area contributed by atoms with Gasteiger partial charge in [0, 0.05) is 6.54 Å². The smallest absolute Gasteiger partial charge is 0.279 e. The summed E-state index contributed by atoms with van der Waals surface area (Å²) in [5.74, 6) is -0.292. The molecule has 3 rings (SSSR count). The van der Waals surface area contributed by atoms with E-state index >= 15 is 0 Å². The zero-order valence-corrected chi connectivity index (χ0v) is 17.3. The average Bonchev–Trinajstić information content (AvgIpc) is 3.22. The van der Waals surface area contributed by atoms with E-state index in [0.29, 0.717) is 24.3 Å². The topological polar surface area (TPSA) is 62.6 Å². The summed E-state index contributed by atoms with van der Waals surface area (Å²) in [6.45, 7) is 1.67. The van der Waals surface area contributed by atoms with Crippen LogP contribution in [0.1, 0.15) is 20.8 Å². The van der Waals surface area contributed by atoms with Gasteiger partial charge in [-0.25, -0.2) is 0 Å². The monoisotopic (exact) mass is 408 g/mol. The maximum atomic E-state index is 12.6. The van der Waals surface area contributed by atoms with Gasteiger partial charge in [0.25, 0.3) is 11.8 Å². The van der Waals surface area contributed by atoms with Crippen LogP contribution in [-0.4, -0.2) is 32.0 Å². The molecule has 29 heavy (non-hydrogen) atoms. The average molecular weight is 409 g/mol. The third kappa shape index (κ3) is 6.55. The summed E-state index contributed by atoms with van der Waals surface area (Å²) in [5.41, 5.74) is 2.19. The van der Waals surface area contributed by atoms with Crippen molar-refractivity contribution >= 4 is 28.8 Å². The van der Waals surface area contributed by atoms with E-state index < -0.39 is 0 Å². The summed E-state index contributed by atoms with van der Waals surface area (Å²) in [4.78, 5) is 27.4. The molecule has 3 aromatic rings. The van der Waals surface area contributed by atoms with E-state index in [2.05, 4.69) is 16.7 Å². The van der Waals surface area contributed by atoms with Crippen molar-refractivity contribution in [3.8, 4) is 0 Å². The molecule has 0 aliphatic heterocycles. The van der Waals surface area contributed by atoms with Crippen molar-refractivity contribution in [2.24, 2.45) is 0 Å². The highest BCUT2D eigenvalue weighted by atomic mass is 32.1. The van der Waals surface area contributed by atoms with Crippen molar-refractivity contribution < 1.29 is 14.5 Å². The van der Waals surface area contributed by atoms with Crippen LogP contribution >= 0.6 is 11.3 Å². The lowest BCUT2D eigenvalue weighted by molar-refractivity contribution is -0.884. The molecular weight excluding hydrogens is 382 g/mol. The number of carbonyl (C=O) groups is 2. The molecule has 150 valence electrons. The Morgan fingerprint density at radius 3 is 2.48 bits per heavy atom. The quantitative estimate of drug-likeness (QED) is 0.509. The van der Waals surface area contributed by atoms with Crippen molar-refractivity contribution in [1.29, 1.82) is 0 Å². The Hall–Kier alpha value is -2.96. The van der Waals surface area contributed by atoms with Crippen LogP contribution < -0.4 is 15.5 Å². The molecule has 6 heteroatoms. The summed E-state index contributed by atoms with van der Waals surface area (Å²) >= 11 is 1.69. The summed E-state index contributed by atoms with van der Waals surface area (Å²) < 4.78 is 0. The van der Waals surface area contributed by atoms with Gasteiger partial charge in [0.1, 0.15) is 6.54 Å². The number of rotatable bonds is 9. The van der Waals surface area contributed by atoms with Crippen LogP contribution in [0.2, 0.25) is 0 Å². The molecule has 0 spiro atoms. The Kier molecular flexibility index (Phi) is 7.55. The molecule has 0 aliphatic carbocycles. The van der Waals surface area contributed by atoms with Crippen molar-refractivity contribution in [2.75, 3.05) is 25.5 Å². The fraction of sp³-hybridized carbons (Fsp3) is 0.217. The molecule has 0 bridgehead atoms. The predicted molar refractivity (Wildman–Crippen MR) is 117 cm³/mol. The van der Waals surface area contributed by atoms with Gasteiger partial charge in [-0.1, -0.05) is 48.5 Å². The lowest BCUT2D eigenvalue weighted by Crippen LogP contribution is -3.08. The van der Waals surface area contributed by atoms with E-state index in [4.69, 9.17) is 0 Å². The predicted octanol–water partition coefficient (Wildman–Crippen LogP) is 2.37. The molecule has 2 aromatic carbocycles. The van der Waals surface area contributed by atoms with Gasteiger partial charge in [-0.15, -0.1) is 11.3 Å². The number of thiophene rings is 1. The van der Waals surface area contributed by atoms with E-state index in [1.807, 2.05) is 54.9 Å². The highest BCUT2D eigenvalue weighted by molar-refractivity contribution is 7.09. The highest BCUT2D eigenvalue weighted by Crippen LogP contribution is 2.14. The number of benzene rings is 2. The van der Waals surface area contributed by atoms with E-state index in [0.717, 1.165) is 17.9 Å². The number of nitrogens with one attached hydrogen (secondary N) is 3. The van der Waals surface area contributed by atoms with Crippen LogP contribution in [0.4, 0.5) is 5.69 Å². The van der Waals surface area contributed by atoms with E-state index in [1.165, 1.54) is 10.4 Å². The van der Waals surface area contributed by atoms with E-state index in [1.54, 1.807) is 29.5 Å². The first kappa shape index (κ1) is 20.8. The molecule has 0 saturated carbocycles. The number of para-hydroxylation sites is 1. The second-order valence-electron chi connectivity index (χ2n) is 6.98. The Balaban J connectivity index is 1.53. The van der Waals surface area contributed by atoms with Crippen LogP contribution in [0.5, 0.6) is 0 Å². The van der Waals surface area contributed by atoms with Crippen molar-refractivity contribution in [3.63, 3.8) is 0 Å². The first-order valence-corrected chi connectivity index (χ1v) is 10.5. The Bertz CT molecular complexity index is 926. The SMILES string of the molecule is C[NH+](CC(=O)Nc1ccccc1C(=O)NCCc1ccccc1)Cc1cccs1. The minimum atomic E-state index is -0.184. The van der Waals surface area contributed by atoms with Gasteiger partial charge >= 0.3 is 0 Å². The van der Waals surface area contributed by atoms with Gasteiger partial charge in [-0.3, -0.25) is 9.59 Å². The van der Waals surface area contributed by atoms with Crippen LogP contribution in [0.25, 0.3) is 0 Å². The van der Waals surface area contributed by atoms with Gasteiger partial charge < -0.3 is 15.5 Å². The molecular formula is C23H26N3O2S+. The third-order valence-corrected chi connectivity index (χ3v) is 5.38. The Morgan fingerprint density at radius 2 is 1.72 bits per heavy atom. The fourth-order valence-electron chi connectivity index (χ4n) is 3.09. The lowest BCUT2D eigenvalue weighted by Gasteiger charge is -2.14. The van der Waals surface area contributed by atoms with Crippen molar-refractivity contribution in [3.05, 3.63) is 88.1 Å². The summed E-state index contributed by atoms with van der Waals surface area (Å²) in [6.07, 6.45) is 0.762. The second kappa shape index (κ2) is 10.5. The summed E-state index contributed by atoms with van der Waals surface area (Å²) in [5, 5.41) is 7.87. The fourth-order valence-corrected chi connectivity index (χ4v) is 3.91. The maximum absolute atomic E-state index is 12.6. The van der Waals surface area contributed by atoms with Gasteiger partial charge in [0.15, 0.2) is 6.54 Å². The van der Waals surface area contributed by atoms with Gasteiger partial charge in [-0.2, -0.15) is 0 Å². The molecule has 0 fully saturated rings. The molecule has 3 N–H and O–H groups in total. The maximum Gasteiger partial charge on any atom is 0.279 e. The first-order valence-electron chi connectivity index (χ1n) is 9.66. The minimum absolute atomic E-state index is 0.108. The third-order valence-electron chi connectivity index (χ3n) is 4.51. The van der Waals surface area contributed by atoms with Crippen LogP contribution in [0, 0.1) is 0 Å². The molecule has 1 aromatic heterocycles. The number of carbonyl (C=O) groups excluding carboxylic acids is 2. The number of quaternary nitrogens is 1. The zero-order valence-electron chi connectivity index (χ0n) is 16.5. The van der Waals surface area contributed by atoms with Gasteiger partial charge in [0.05, 0.1) is 23.2 Å². The molecule has 1 atom stereocenters. The largest absolute Gasteiger partial charge is 0.352 e. The van der Waals surface area contributed by atoms with E-state index in [9.17, 15) is 9.59 Å². The standard InChI is InChI=1S/C23H25N3O2S/c1-26(16-19-10-7-15-29-19)17-22(27)25-21-12-6-5-11-20(21)23(28)24-14-13-18-8-3-2-4-9-18/h2-12,15H,13-14,16-17H2,1H3,(H,24,28)(H,25,27)/p+1. The molecule has 5 nitrogen and oxygen atoms in total. The van der Waals surface area contributed by atoms with Crippen molar-refractivity contribution in [1.82, 2.24) is 5.32 Å². The molecule has 0 aliphatic rings. The highest BCUT2D eigenvalue weighted by Gasteiger charge is 2.15.